The first-order valence-corrected chi connectivity index (χ1v) is 4.74. The first kappa shape index (κ1) is 10.5. The van der Waals surface area contributed by atoms with E-state index < -0.39 is 5.82 Å². The molecule has 1 atom stereocenters. The smallest absolute Gasteiger partial charge is 0.142 e. The van der Waals surface area contributed by atoms with Gasteiger partial charge in [0.1, 0.15) is 5.82 Å². The van der Waals surface area contributed by atoms with E-state index in [0.717, 1.165) is 12.8 Å². The minimum Gasteiger partial charge on any atom is -0.324 e. The molecule has 2 N–H and O–H groups in total. The SMILES string of the molecule is CCCC(N)c1cccc(F)c1Cl. The molecule has 1 aromatic rings. The monoisotopic (exact) mass is 201 g/mol. The van der Waals surface area contributed by atoms with Crippen molar-refractivity contribution in [1.29, 1.82) is 0 Å². The van der Waals surface area contributed by atoms with Gasteiger partial charge in [-0.1, -0.05) is 37.1 Å². The van der Waals surface area contributed by atoms with Gasteiger partial charge < -0.3 is 5.73 Å². The number of hydrogen-bond donors (Lipinski definition) is 1. The summed E-state index contributed by atoms with van der Waals surface area (Å²) >= 11 is 5.77. The zero-order chi connectivity index (χ0) is 9.84. The van der Waals surface area contributed by atoms with Crippen LogP contribution in [0.25, 0.3) is 0 Å². The van der Waals surface area contributed by atoms with Gasteiger partial charge in [-0.2, -0.15) is 0 Å². The fourth-order valence-electron chi connectivity index (χ4n) is 1.27. The quantitative estimate of drug-likeness (QED) is 0.798. The van der Waals surface area contributed by atoms with Crippen molar-refractivity contribution in [3.8, 4) is 0 Å². The lowest BCUT2D eigenvalue weighted by molar-refractivity contribution is 0.606. The molecule has 3 heteroatoms. The number of benzene rings is 1. The molecule has 0 fully saturated rings. The van der Waals surface area contributed by atoms with Crippen LogP contribution in [-0.2, 0) is 0 Å². The minimum absolute atomic E-state index is 0.156. The molecule has 0 radical (unpaired) electrons. The van der Waals surface area contributed by atoms with Crippen molar-refractivity contribution in [2.24, 2.45) is 5.73 Å². The average molecular weight is 202 g/mol. The van der Waals surface area contributed by atoms with Crippen molar-refractivity contribution >= 4 is 11.6 Å². The van der Waals surface area contributed by atoms with E-state index in [1.165, 1.54) is 6.07 Å². The summed E-state index contributed by atoms with van der Waals surface area (Å²) in [6, 6.07) is 4.58. The number of nitrogens with two attached hydrogens (primary N) is 1. The summed E-state index contributed by atoms with van der Waals surface area (Å²) in [5.41, 5.74) is 6.52. The Bertz CT molecular complexity index is 288. The van der Waals surface area contributed by atoms with E-state index in [2.05, 4.69) is 0 Å². The van der Waals surface area contributed by atoms with Crippen LogP contribution in [0.3, 0.4) is 0 Å². The predicted molar refractivity (Wildman–Crippen MR) is 53.2 cm³/mol. The molecule has 0 amide bonds. The number of rotatable bonds is 3. The van der Waals surface area contributed by atoms with Crippen LogP contribution in [0.15, 0.2) is 18.2 Å². The first-order valence-electron chi connectivity index (χ1n) is 4.36. The van der Waals surface area contributed by atoms with E-state index >= 15 is 0 Å². The molecule has 13 heavy (non-hydrogen) atoms. The van der Waals surface area contributed by atoms with Gasteiger partial charge in [0.05, 0.1) is 5.02 Å². The highest BCUT2D eigenvalue weighted by Crippen LogP contribution is 2.26. The van der Waals surface area contributed by atoms with Crippen LogP contribution in [0, 0.1) is 5.82 Å². The van der Waals surface area contributed by atoms with E-state index in [1.807, 2.05) is 6.92 Å². The van der Waals surface area contributed by atoms with Crippen LogP contribution in [-0.4, -0.2) is 0 Å². The van der Waals surface area contributed by atoms with Crippen LogP contribution in [0.2, 0.25) is 5.02 Å². The van der Waals surface area contributed by atoms with E-state index in [4.69, 9.17) is 17.3 Å². The maximum absolute atomic E-state index is 13.0. The summed E-state index contributed by atoms with van der Waals surface area (Å²) in [6.45, 7) is 2.03. The van der Waals surface area contributed by atoms with Crippen LogP contribution in [0.1, 0.15) is 31.4 Å². The summed E-state index contributed by atoms with van der Waals surface area (Å²) in [5, 5.41) is 0.156. The Morgan fingerprint density at radius 3 is 2.85 bits per heavy atom. The predicted octanol–water partition coefficient (Wildman–Crippen LogP) is 3.28. The third-order valence-corrected chi connectivity index (χ3v) is 2.38. The molecule has 0 heterocycles. The third-order valence-electron chi connectivity index (χ3n) is 1.98. The number of halogens is 2. The second kappa shape index (κ2) is 4.58. The maximum atomic E-state index is 13.0. The molecule has 0 saturated carbocycles. The Labute approximate surface area is 82.7 Å². The van der Waals surface area contributed by atoms with Crippen molar-refractivity contribution in [2.75, 3.05) is 0 Å². The minimum atomic E-state index is -0.397. The summed E-state index contributed by atoms with van der Waals surface area (Å²) in [5.74, 6) is -0.397. The second-order valence-corrected chi connectivity index (χ2v) is 3.42. The highest BCUT2D eigenvalue weighted by Gasteiger charge is 2.11. The van der Waals surface area contributed by atoms with E-state index in [9.17, 15) is 4.39 Å². The lowest BCUT2D eigenvalue weighted by Crippen LogP contribution is -2.10. The summed E-state index contributed by atoms with van der Waals surface area (Å²) in [7, 11) is 0. The normalized spacial score (nSPS) is 12.9. The standard InChI is InChI=1S/C10H13ClFN/c1-2-4-9(13)7-5-3-6-8(12)10(7)11/h3,5-6,9H,2,4,13H2,1H3. The second-order valence-electron chi connectivity index (χ2n) is 3.04. The van der Waals surface area contributed by atoms with Gasteiger partial charge in [-0.3, -0.25) is 0 Å². The Morgan fingerprint density at radius 2 is 2.23 bits per heavy atom. The largest absolute Gasteiger partial charge is 0.324 e. The van der Waals surface area contributed by atoms with Gasteiger partial charge >= 0.3 is 0 Å². The summed E-state index contributed by atoms with van der Waals surface area (Å²) in [4.78, 5) is 0. The Balaban J connectivity index is 2.93. The molecule has 0 aliphatic heterocycles. The van der Waals surface area contributed by atoms with Crippen LogP contribution < -0.4 is 5.73 Å². The molecular formula is C10H13ClFN. The molecule has 1 nitrogen and oxygen atoms in total. The fourth-order valence-corrected chi connectivity index (χ4v) is 1.54. The molecule has 0 saturated heterocycles. The molecule has 0 bridgehead atoms. The van der Waals surface area contributed by atoms with Gasteiger partial charge in [-0.25, -0.2) is 4.39 Å². The Kier molecular flexibility index (Phi) is 3.70. The highest BCUT2D eigenvalue weighted by atomic mass is 35.5. The van der Waals surface area contributed by atoms with E-state index in [-0.39, 0.29) is 11.1 Å². The molecule has 0 aliphatic carbocycles. The van der Waals surface area contributed by atoms with Crippen molar-refractivity contribution in [2.45, 2.75) is 25.8 Å². The van der Waals surface area contributed by atoms with E-state index in [1.54, 1.807) is 12.1 Å². The van der Waals surface area contributed by atoms with Gasteiger partial charge in [0.2, 0.25) is 0 Å². The molecule has 1 unspecified atom stereocenters. The molecule has 72 valence electrons. The van der Waals surface area contributed by atoms with Crippen LogP contribution >= 0.6 is 11.6 Å². The van der Waals surface area contributed by atoms with Gasteiger partial charge in [0.25, 0.3) is 0 Å². The zero-order valence-corrected chi connectivity index (χ0v) is 8.31. The van der Waals surface area contributed by atoms with E-state index in [0.29, 0.717) is 5.56 Å². The molecular weight excluding hydrogens is 189 g/mol. The maximum Gasteiger partial charge on any atom is 0.142 e. The summed E-state index contributed by atoms with van der Waals surface area (Å²) < 4.78 is 13.0. The van der Waals surface area contributed by atoms with Crippen molar-refractivity contribution in [3.63, 3.8) is 0 Å². The topological polar surface area (TPSA) is 26.0 Å². The van der Waals surface area contributed by atoms with Crippen molar-refractivity contribution < 1.29 is 4.39 Å². The zero-order valence-electron chi connectivity index (χ0n) is 7.56. The van der Waals surface area contributed by atoms with Crippen LogP contribution in [0.5, 0.6) is 0 Å². The lowest BCUT2D eigenvalue weighted by atomic mass is 10.0. The lowest BCUT2D eigenvalue weighted by Gasteiger charge is -2.12. The molecule has 1 rings (SSSR count). The van der Waals surface area contributed by atoms with Gasteiger partial charge in [-0.05, 0) is 18.1 Å². The van der Waals surface area contributed by atoms with Crippen molar-refractivity contribution in [3.05, 3.63) is 34.6 Å². The highest BCUT2D eigenvalue weighted by molar-refractivity contribution is 6.31. The molecule has 0 aliphatic rings. The summed E-state index contributed by atoms with van der Waals surface area (Å²) in [6.07, 6.45) is 1.79. The van der Waals surface area contributed by atoms with Gasteiger partial charge in [0, 0.05) is 6.04 Å². The molecule has 0 aromatic heterocycles. The molecule has 0 spiro atoms. The Hall–Kier alpha value is -0.600. The van der Waals surface area contributed by atoms with Gasteiger partial charge in [-0.15, -0.1) is 0 Å². The van der Waals surface area contributed by atoms with Gasteiger partial charge in [0.15, 0.2) is 0 Å². The van der Waals surface area contributed by atoms with Crippen LogP contribution in [0.4, 0.5) is 4.39 Å². The van der Waals surface area contributed by atoms with Crippen molar-refractivity contribution in [1.82, 2.24) is 0 Å². The average Bonchev–Trinajstić information content (AvgIpc) is 2.10. The molecule has 1 aromatic carbocycles. The Morgan fingerprint density at radius 1 is 1.54 bits per heavy atom. The third kappa shape index (κ3) is 2.42. The first-order chi connectivity index (χ1) is 6.16. The fraction of sp³-hybridized carbons (Fsp3) is 0.400. The number of hydrogen-bond acceptors (Lipinski definition) is 1.